The number of aromatic nitrogens is 1. The Balaban J connectivity index is 1.90. The third-order valence-electron chi connectivity index (χ3n) is 3.49. The van der Waals surface area contributed by atoms with Crippen LogP contribution in [-0.2, 0) is 0 Å². The van der Waals surface area contributed by atoms with E-state index in [0.717, 1.165) is 40.9 Å². The van der Waals surface area contributed by atoms with Gasteiger partial charge in [-0.1, -0.05) is 0 Å². The maximum Gasteiger partial charge on any atom is 0.125 e. The molecule has 3 rings (SSSR count). The summed E-state index contributed by atoms with van der Waals surface area (Å²) in [6, 6.07) is 5.20. The van der Waals surface area contributed by atoms with Crippen LogP contribution >= 0.6 is 11.3 Å². The molecular weight excluding hydrogens is 235 g/mol. The van der Waals surface area contributed by atoms with Gasteiger partial charge in [-0.3, -0.25) is 0 Å². The molecule has 0 aliphatic heterocycles. The maximum atomic E-state index is 13.1. The van der Waals surface area contributed by atoms with E-state index in [1.54, 1.807) is 11.3 Å². The minimum Gasteiger partial charge on any atom is -0.328 e. The molecule has 0 unspecified atom stereocenters. The fraction of sp³-hybridized carbons (Fsp3) is 0.462. The predicted molar refractivity (Wildman–Crippen MR) is 68.8 cm³/mol. The Morgan fingerprint density at radius 1 is 1.24 bits per heavy atom. The predicted octanol–water partition coefficient (Wildman–Crippen LogP) is 3.42. The average molecular weight is 250 g/mol. The summed E-state index contributed by atoms with van der Waals surface area (Å²) in [5, 5.41) is 1.15. The molecule has 2 nitrogen and oxygen atoms in total. The first-order chi connectivity index (χ1) is 8.22. The van der Waals surface area contributed by atoms with Gasteiger partial charge in [-0.15, -0.1) is 11.3 Å². The van der Waals surface area contributed by atoms with Crippen LogP contribution in [-0.4, -0.2) is 11.0 Å². The van der Waals surface area contributed by atoms with Crippen LogP contribution in [0.5, 0.6) is 0 Å². The van der Waals surface area contributed by atoms with Crippen molar-refractivity contribution < 1.29 is 4.39 Å². The number of fused-ring (bicyclic) bond motifs is 1. The SMILES string of the molecule is NC1CCC(c2nc3cc(F)ccc3s2)CC1. The minimum absolute atomic E-state index is 0.208. The van der Waals surface area contributed by atoms with E-state index in [0.29, 0.717) is 12.0 Å². The smallest absolute Gasteiger partial charge is 0.125 e. The molecule has 17 heavy (non-hydrogen) atoms. The lowest BCUT2D eigenvalue weighted by Gasteiger charge is -2.24. The van der Waals surface area contributed by atoms with E-state index < -0.39 is 0 Å². The Labute approximate surface area is 104 Å². The van der Waals surface area contributed by atoms with Gasteiger partial charge in [0, 0.05) is 18.0 Å². The summed E-state index contributed by atoms with van der Waals surface area (Å²) in [7, 11) is 0. The number of halogens is 1. The van der Waals surface area contributed by atoms with Crippen molar-refractivity contribution in [3.8, 4) is 0 Å². The van der Waals surface area contributed by atoms with E-state index in [2.05, 4.69) is 4.98 Å². The topological polar surface area (TPSA) is 38.9 Å². The summed E-state index contributed by atoms with van der Waals surface area (Å²) in [5.41, 5.74) is 6.69. The molecule has 4 heteroatoms. The highest BCUT2D eigenvalue weighted by molar-refractivity contribution is 7.18. The van der Waals surface area contributed by atoms with Crippen LogP contribution in [0.2, 0.25) is 0 Å². The quantitative estimate of drug-likeness (QED) is 0.842. The van der Waals surface area contributed by atoms with Crippen molar-refractivity contribution in [2.45, 2.75) is 37.6 Å². The molecule has 1 fully saturated rings. The molecule has 0 amide bonds. The molecule has 1 aliphatic carbocycles. The second-order valence-electron chi connectivity index (χ2n) is 4.78. The molecule has 0 radical (unpaired) electrons. The van der Waals surface area contributed by atoms with E-state index in [9.17, 15) is 4.39 Å². The van der Waals surface area contributed by atoms with Gasteiger partial charge >= 0.3 is 0 Å². The van der Waals surface area contributed by atoms with E-state index in [4.69, 9.17) is 5.73 Å². The first kappa shape index (κ1) is 11.1. The van der Waals surface area contributed by atoms with Gasteiger partial charge < -0.3 is 5.73 Å². The number of hydrogen-bond acceptors (Lipinski definition) is 3. The van der Waals surface area contributed by atoms with E-state index in [1.165, 1.54) is 12.1 Å². The van der Waals surface area contributed by atoms with E-state index in [1.807, 2.05) is 6.07 Å². The third-order valence-corrected chi connectivity index (χ3v) is 4.69. The van der Waals surface area contributed by atoms with Gasteiger partial charge in [0.1, 0.15) is 5.82 Å². The largest absolute Gasteiger partial charge is 0.328 e. The highest BCUT2D eigenvalue weighted by atomic mass is 32.1. The lowest BCUT2D eigenvalue weighted by Crippen LogP contribution is -2.25. The Kier molecular flexibility index (Phi) is 2.84. The van der Waals surface area contributed by atoms with Crippen LogP contribution in [0.3, 0.4) is 0 Å². The molecule has 1 saturated carbocycles. The third kappa shape index (κ3) is 2.19. The number of thiazole rings is 1. The molecule has 2 N–H and O–H groups in total. The maximum absolute atomic E-state index is 13.1. The van der Waals surface area contributed by atoms with Crippen LogP contribution in [0.15, 0.2) is 18.2 Å². The van der Waals surface area contributed by atoms with Crippen LogP contribution < -0.4 is 5.73 Å². The Hall–Kier alpha value is -1.00. The molecule has 0 bridgehead atoms. The Morgan fingerprint density at radius 3 is 2.76 bits per heavy atom. The molecule has 1 aromatic carbocycles. The zero-order valence-electron chi connectivity index (χ0n) is 9.53. The van der Waals surface area contributed by atoms with Gasteiger partial charge in [-0.2, -0.15) is 0 Å². The standard InChI is InChI=1S/C13H15FN2S/c14-9-3-6-12-11(7-9)16-13(17-12)8-1-4-10(15)5-2-8/h3,6-8,10H,1-2,4-5,15H2. The molecule has 1 heterocycles. The summed E-state index contributed by atoms with van der Waals surface area (Å²) in [4.78, 5) is 4.56. The number of nitrogens with two attached hydrogens (primary N) is 1. The molecule has 0 saturated heterocycles. The Morgan fingerprint density at radius 2 is 2.00 bits per heavy atom. The fourth-order valence-electron chi connectivity index (χ4n) is 2.46. The van der Waals surface area contributed by atoms with E-state index in [-0.39, 0.29) is 5.82 Å². The first-order valence-corrected chi connectivity index (χ1v) is 6.85. The van der Waals surface area contributed by atoms with Crippen molar-refractivity contribution in [3.05, 3.63) is 29.0 Å². The Bertz CT molecular complexity index is 529. The van der Waals surface area contributed by atoms with Gasteiger partial charge in [0.15, 0.2) is 0 Å². The van der Waals surface area contributed by atoms with Crippen LogP contribution in [0.4, 0.5) is 4.39 Å². The molecular formula is C13H15FN2S. The number of nitrogens with zero attached hydrogens (tertiary/aromatic N) is 1. The van der Waals surface area contributed by atoms with Crippen molar-refractivity contribution in [3.63, 3.8) is 0 Å². The van der Waals surface area contributed by atoms with Gasteiger partial charge in [0.2, 0.25) is 0 Å². The second kappa shape index (κ2) is 4.35. The van der Waals surface area contributed by atoms with Crippen LogP contribution in [0.1, 0.15) is 36.6 Å². The van der Waals surface area contributed by atoms with Crippen molar-refractivity contribution in [1.29, 1.82) is 0 Å². The van der Waals surface area contributed by atoms with E-state index >= 15 is 0 Å². The normalized spacial score (nSPS) is 25.3. The van der Waals surface area contributed by atoms with Gasteiger partial charge in [-0.05, 0) is 37.8 Å². The summed E-state index contributed by atoms with van der Waals surface area (Å²) in [6.07, 6.45) is 4.39. The lowest BCUT2D eigenvalue weighted by atomic mass is 9.87. The monoisotopic (exact) mass is 250 g/mol. The summed E-state index contributed by atoms with van der Waals surface area (Å²) < 4.78 is 14.2. The summed E-state index contributed by atoms with van der Waals surface area (Å²) in [6.45, 7) is 0. The van der Waals surface area contributed by atoms with Crippen molar-refractivity contribution in [2.75, 3.05) is 0 Å². The summed E-state index contributed by atoms with van der Waals surface area (Å²) in [5.74, 6) is 0.315. The van der Waals surface area contributed by atoms with Crippen molar-refractivity contribution >= 4 is 21.6 Å². The molecule has 0 atom stereocenters. The van der Waals surface area contributed by atoms with Gasteiger partial charge in [0.05, 0.1) is 15.2 Å². The van der Waals surface area contributed by atoms with Gasteiger partial charge in [0.25, 0.3) is 0 Å². The number of rotatable bonds is 1. The summed E-state index contributed by atoms with van der Waals surface area (Å²) >= 11 is 1.70. The van der Waals surface area contributed by atoms with Crippen molar-refractivity contribution in [2.24, 2.45) is 5.73 Å². The molecule has 0 spiro atoms. The molecule has 90 valence electrons. The molecule has 1 aliphatic rings. The zero-order valence-corrected chi connectivity index (χ0v) is 10.3. The van der Waals surface area contributed by atoms with Crippen LogP contribution in [0, 0.1) is 5.82 Å². The highest BCUT2D eigenvalue weighted by Gasteiger charge is 2.22. The second-order valence-corrected chi connectivity index (χ2v) is 5.84. The minimum atomic E-state index is -0.208. The van der Waals surface area contributed by atoms with Crippen LogP contribution in [0.25, 0.3) is 10.2 Å². The fourth-order valence-corrected chi connectivity index (χ4v) is 3.58. The van der Waals surface area contributed by atoms with Crippen molar-refractivity contribution in [1.82, 2.24) is 4.98 Å². The number of hydrogen-bond donors (Lipinski definition) is 1. The van der Waals surface area contributed by atoms with Gasteiger partial charge in [-0.25, -0.2) is 9.37 Å². The molecule has 1 aromatic heterocycles. The lowest BCUT2D eigenvalue weighted by molar-refractivity contribution is 0.395. The zero-order chi connectivity index (χ0) is 11.8. The molecule has 2 aromatic rings. The first-order valence-electron chi connectivity index (χ1n) is 6.04. The average Bonchev–Trinajstić information content (AvgIpc) is 2.72. The number of benzene rings is 1. The highest BCUT2D eigenvalue weighted by Crippen LogP contribution is 2.36.